The molecule has 25 heavy (non-hydrogen) atoms. The molecule has 0 unspecified atom stereocenters. The monoisotopic (exact) mass is 348 g/mol. The third-order valence-electron chi connectivity index (χ3n) is 4.03. The van der Waals surface area contributed by atoms with Gasteiger partial charge in [0.2, 0.25) is 5.88 Å². The first-order chi connectivity index (χ1) is 12.2. The van der Waals surface area contributed by atoms with Crippen LogP contribution in [0, 0.1) is 11.8 Å². The predicted molar refractivity (Wildman–Crippen MR) is 101 cm³/mol. The van der Waals surface area contributed by atoms with Crippen molar-refractivity contribution in [2.45, 2.75) is 39.7 Å². The molecule has 0 atom stereocenters. The van der Waals surface area contributed by atoms with Crippen molar-refractivity contribution < 1.29 is 9.47 Å². The van der Waals surface area contributed by atoms with Gasteiger partial charge in [0.05, 0.1) is 13.2 Å². The number of nitrogens with zero attached hydrogens (tertiary/aromatic N) is 2. The van der Waals surface area contributed by atoms with Crippen molar-refractivity contribution >= 4 is 5.96 Å². The summed E-state index contributed by atoms with van der Waals surface area (Å²) in [5, 5.41) is 6.56. The van der Waals surface area contributed by atoms with Crippen LogP contribution in [0.1, 0.15) is 38.7 Å². The van der Waals surface area contributed by atoms with Crippen LogP contribution in [0.25, 0.3) is 0 Å². The molecule has 1 fully saturated rings. The van der Waals surface area contributed by atoms with Gasteiger partial charge in [0, 0.05) is 39.0 Å². The Kier molecular flexibility index (Phi) is 8.52. The molecular weight excluding hydrogens is 316 g/mol. The maximum Gasteiger partial charge on any atom is 0.213 e. The molecular formula is C19H32N4O2. The number of hydrogen-bond donors (Lipinski definition) is 2. The van der Waals surface area contributed by atoms with Crippen LogP contribution < -0.4 is 15.4 Å². The van der Waals surface area contributed by atoms with Crippen molar-refractivity contribution in [3.05, 3.63) is 23.9 Å². The highest BCUT2D eigenvalue weighted by Crippen LogP contribution is 2.29. The molecule has 0 amide bonds. The van der Waals surface area contributed by atoms with E-state index in [1.54, 1.807) is 13.2 Å². The smallest absolute Gasteiger partial charge is 0.213 e. The van der Waals surface area contributed by atoms with E-state index in [1.807, 2.05) is 12.1 Å². The molecule has 0 aliphatic heterocycles. The lowest BCUT2D eigenvalue weighted by Gasteiger charge is -2.13. The minimum absolute atomic E-state index is 0.677. The Morgan fingerprint density at radius 2 is 2.16 bits per heavy atom. The van der Waals surface area contributed by atoms with Gasteiger partial charge in [-0.1, -0.05) is 13.8 Å². The van der Waals surface area contributed by atoms with Crippen molar-refractivity contribution in [3.8, 4) is 5.88 Å². The topological polar surface area (TPSA) is 67.8 Å². The molecule has 0 bridgehead atoms. The molecule has 6 nitrogen and oxygen atoms in total. The number of ether oxygens (including phenoxy) is 2. The summed E-state index contributed by atoms with van der Waals surface area (Å²) in [5.74, 6) is 2.88. The highest BCUT2D eigenvalue weighted by atomic mass is 16.5. The summed E-state index contributed by atoms with van der Waals surface area (Å²) in [6.07, 6.45) is 5.45. The Morgan fingerprint density at radius 3 is 2.88 bits per heavy atom. The van der Waals surface area contributed by atoms with E-state index in [9.17, 15) is 0 Å². The molecule has 1 aromatic rings. The second-order valence-corrected chi connectivity index (χ2v) is 6.90. The lowest BCUT2D eigenvalue weighted by Crippen LogP contribution is -2.38. The minimum Gasteiger partial charge on any atom is -0.477 e. The summed E-state index contributed by atoms with van der Waals surface area (Å²) < 4.78 is 11.3. The normalized spacial score (nSPS) is 14.6. The SMILES string of the molecule is CN=C(NCCOCCC(C)C)NCc1ccnc(OCC2CC2)c1. The third-order valence-corrected chi connectivity index (χ3v) is 4.03. The average Bonchev–Trinajstić information content (AvgIpc) is 3.43. The Bertz CT molecular complexity index is 530. The second kappa shape index (κ2) is 10.9. The first-order valence-corrected chi connectivity index (χ1v) is 9.27. The van der Waals surface area contributed by atoms with Crippen LogP contribution in [0.5, 0.6) is 5.88 Å². The van der Waals surface area contributed by atoms with Gasteiger partial charge in [-0.15, -0.1) is 0 Å². The molecule has 6 heteroatoms. The molecule has 140 valence electrons. The number of hydrogen-bond acceptors (Lipinski definition) is 4. The van der Waals surface area contributed by atoms with Gasteiger partial charge in [-0.2, -0.15) is 0 Å². The van der Waals surface area contributed by atoms with E-state index in [0.717, 1.165) is 43.6 Å². The van der Waals surface area contributed by atoms with E-state index < -0.39 is 0 Å². The van der Waals surface area contributed by atoms with E-state index in [-0.39, 0.29) is 0 Å². The van der Waals surface area contributed by atoms with Gasteiger partial charge in [0.15, 0.2) is 5.96 Å². The van der Waals surface area contributed by atoms with Crippen LogP contribution in [0.2, 0.25) is 0 Å². The number of guanidine groups is 1. The maximum absolute atomic E-state index is 5.72. The van der Waals surface area contributed by atoms with Gasteiger partial charge in [-0.3, -0.25) is 4.99 Å². The zero-order chi connectivity index (χ0) is 17.9. The standard InChI is InChI=1S/C19H32N4O2/c1-15(2)7-10-24-11-9-22-19(20-3)23-13-17-6-8-21-18(12-17)25-14-16-4-5-16/h6,8,12,15-16H,4-5,7,9-11,13-14H2,1-3H3,(H2,20,22,23). The summed E-state index contributed by atoms with van der Waals surface area (Å²) in [6, 6.07) is 3.97. The lowest BCUT2D eigenvalue weighted by atomic mass is 10.1. The number of aliphatic imine (C=N–C) groups is 1. The van der Waals surface area contributed by atoms with Crippen molar-refractivity contribution in [2.24, 2.45) is 16.8 Å². The quantitative estimate of drug-likeness (QED) is 0.365. The molecule has 0 saturated heterocycles. The summed E-state index contributed by atoms with van der Waals surface area (Å²) in [4.78, 5) is 8.50. The van der Waals surface area contributed by atoms with Gasteiger partial charge in [0.1, 0.15) is 0 Å². The second-order valence-electron chi connectivity index (χ2n) is 6.90. The fourth-order valence-corrected chi connectivity index (χ4v) is 2.20. The molecule has 0 radical (unpaired) electrons. The number of aromatic nitrogens is 1. The van der Waals surface area contributed by atoms with Crippen LogP contribution in [-0.4, -0.2) is 44.4 Å². The van der Waals surface area contributed by atoms with Crippen LogP contribution in [0.4, 0.5) is 0 Å². The molecule has 1 aliphatic rings. The van der Waals surface area contributed by atoms with E-state index in [0.29, 0.717) is 24.9 Å². The van der Waals surface area contributed by atoms with E-state index in [4.69, 9.17) is 9.47 Å². The fourth-order valence-electron chi connectivity index (χ4n) is 2.20. The molecule has 1 heterocycles. The van der Waals surface area contributed by atoms with Gasteiger partial charge in [-0.25, -0.2) is 4.98 Å². The number of pyridine rings is 1. The van der Waals surface area contributed by atoms with Gasteiger partial charge in [-0.05, 0) is 42.7 Å². The number of nitrogens with one attached hydrogen (secondary N) is 2. The van der Waals surface area contributed by atoms with Crippen LogP contribution in [-0.2, 0) is 11.3 Å². The predicted octanol–water partition coefficient (Wildman–Crippen LogP) is 2.60. The Hall–Kier alpha value is -1.82. The zero-order valence-corrected chi connectivity index (χ0v) is 15.8. The van der Waals surface area contributed by atoms with Crippen molar-refractivity contribution in [3.63, 3.8) is 0 Å². The maximum atomic E-state index is 5.72. The van der Waals surface area contributed by atoms with Crippen LogP contribution in [0.3, 0.4) is 0 Å². The van der Waals surface area contributed by atoms with Crippen LogP contribution in [0.15, 0.2) is 23.3 Å². The Morgan fingerprint density at radius 1 is 1.32 bits per heavy atom. The largest absolute Gasteiger partial charge is 0.477 e. The summed E-state index contributed by atoms with van der Waals surface area (Å²) >= 11 is 0. The summed E-state index contributed by atoms with van der Waals surface area (Å²) in [5.41, 5.74) is 1.12. The van der Waals surface area contributed by atoms with Crippen molar-refractivity contribution in [2.75, 3.05) is 33.4 Å². The highest BCUT2D eigenvalue weighted by molar-refractivity contribution is 5.79. The first kappa shape index (κ1) is 19.5. The Labute approximate surface area is 151 Å². The van der Waals surface area contributed by atoms with E-state index in [1.165, 1.54) is 12.8 Å². The zero-order valence-electron chi connectivity index (χ0n) is 15.8. The van der Waals surface area contributed by atoms with Crippen LogP contribution >= 0.6 is 0 Å². The fraction of sp³-hybridized carbons (Fsp3) is 0.684. The Balaban J connectivity index is 1.63. The average molecular weight is 348 g/mol. The van der Waals surface area contributed by atoms with Gasteiger partial charge >= 0.3 is 0 Å². The molecule has 0 aromatic carbocycles. The summed E-state index contributed by atoms with van der Waals surface area (Å²) in [6.45, 7) is 8.10. The van der Waals surface area contributed by atoms with Gasteiger partial charge in [0.25, 0.3) is 0 Å². The van der Waals surface area contributed by atoms with Crippen molar-refractivity contribution in [1.82, 2.24) is 15.6 Å². The molecule has 1 aliphatic carbocycles. The molecule has 1 aromatic heterocycles. The molecule has 0 spiro atoms. The third kappa shape index (κ3) is 8.72. The minimum atomic E-state index is 0.677. The van der Waals surface area contributed by atoms with Crippen molar-refractivity contribution in [1.29, 1.82) is 0 Å². The number of rotatable bonds is 11. The lowest BCUT2D eigenvalue weighted by molar-refractivity contribution is 0.128. The molecule has 2 rings (SSSR count). The first-order valence-electron chi connectivity index (χ1n) is 9.27. The molecule has 1 saturated carbocycles. The molecule has 2 N–H and O–H groups in total. The highest BCUT2D eigenvalue weighted by Gasteiger charge is 2.22. The van der Waals surface area contributed by atoms with E-state index >= 15 is 0 Å². The van der Waals surface area contributed by atoms with E-state index in [2.05, 4.69) is 34.5 Å². The summed E-state index contributed by atoms with van der Waals surface area (Å²) in [7, 11) is 1.77. The van der Waals surface area contributed by atoms with Gasteiger partial charge < -0.3 is 20.1 Å².